The van der Waals surface area contributed by atoms with Gasteiger partial charge in [0.25, 0.3) is 11.8 Å². The van der Waals surface area contributed by atoms with Gasteiger partial charge in [-0.2, -0.15) is 0 Å². The van der Waals surface area contributed by atoms with Crippen molar-refractivity contribution in [3.05, 3.63) is 0 Å². The summed E-state index contributed by atoms with van der Waals surface area (Å²) < 4.78 is 1.92. The average molecular weight is 421 g/mol. The monoisotopic (exact) mass is 420 g/mol. The maximum atomic E-state index is 13.1. The van der Waals surface area contributed by atoms with Crippen molar-refractivity contribution in [2.24, 2.45) is 23.7 Å². The maximum absolute atomic E-state index is 13.1. The molecule has 5 saturated heterocycles. The molecule has 0 aromatic heterocycles. The molecule has 6 heteroatoms. The zero-order valence-corrected chi connectivity index (χ0v) is 19.8. The third-order valence-corrected chi connectivity index (χ3v) is 8.53. The number of hydrogen-bond acceptors (Lipinski definition) is 2. The fraction of sp³-hybridized carbons (Fsp3) is 0.917. The molecule has 2 amide bonds. The SMILES string of the molecule is C[C@@H]1C[C@H](C)CN(C(=O)C[N+]23CC[N+](CC(=O)N4C[C@H](C)C[C@H](C)C4)(CC2)CC3)C1. The molecule has 6 nitrogen and oxygen atoms in total. The van der Waals surface area contributed by atoms with Crippen molar-refractivity contribution in [3.63, 3.8) is 0 Å². The van der Waals surface area contributed by atoms with E-state index >= 15 is 0 Å². The summed E-state index contributed by atoms with van der Waals surface area (Å²) in [5.41, 5.74) is 0. The van der Waals surface area contributed by atoms with Crippen molar-refractivity contribution >= 4 is 11.8 Å². The van der Waals surface area contributed by atoms with Gasteiger partial charge in [0.05, 0.1) is 0 Å². The first-order chi connectivity index (χ1) is 14.2. The smallest absolute Gasteiger partial charge is 0.277 e. The van der Waals surface area contributed by atoms with E-state index in [2.05, 4.69) is 37.5 Å². The van der Waals surface area contributed by atoms with E-state index < -0.39 is 0 Å². The first-order valence-corrected chi connectivity index (χ1v) is 12.4. The molecule has 0 spiro atoms. The van der Waals surface area contributed by atoms with E-state index in [4.69, 9.17) is 0 Å². The zero-order valence-electron chi connectivity index (χ0n) is 19.8. The lowest BCUT2D eigenvalue weighted by Gasteiger charge is -2.55. The normalized spacial score (nSPS) is 41.7. The molecule has 0 aliphatic carbocycles. The van der Waals surface area contributed by atoms with E-state index in [1.165, 1.54) is 12.8 Å². The highest BCUT2D eigenvalue weighted by Crippen LogP contribution is 2.29. The standard InChI is InChI=1S/C24H44N4O2/c1-19-11-20(2)14-25(13-19)23(29)17-27-5-8-28(9-6-27,10-7-27)18-24(30)26-15-21(3)12-22(4)16-26/h19-22H,5-18H2,1-4H3/q+2/t19-,20+,21-,22+,27?,28?. The van der Waals surface area contributed by atoms with Gasteiger partial charge in [-0.1, -0.05) is 27.7 Å². The van der Waals surface area contributed by atoms with Gasteiger partial charge in [0.1, 0.15) is 39.3 Å². The molecule has 5 aliphatic heterocycles. The molecule has 0 radical (unpaired) electrons. The van der Waals surface area contributed by atoms with E-state index in [1.807, 2.05) is 0 Å². The molecule has 0 aromatic rings. The van der Waals surface area contributed by atoms with E-state index in [1.54, 1.807) is 0 Å². The highest BCUT2D eigenvalue weighted by Gasteiger charge is 2.51. The molecular formula is C24H44N4O2+2. The van der Waals surface area contributed by atoms with Gasteiger partial charge in [-0.05, 0) is 36.5 Å². The zero-order chi connectivity index (χ0) is 21.5. The highest BCUT2D eigenvalue weighted by molar-refractivity contribution is 5.78. The minimum Gasteiger partial charge on any atom is -0.337 e. The number of nitrogens with zero attached hydrogens (tertiary/aromatic N) is 4. The Hall–Kier alpha value is -1.14. The predicted molar refractivity (Wildman–Crippen MR) is 119 cm³/mol. The van der Waals surface area contributed by atoms with Gasteiger partial charge < -0.3 is 18.8 Å². The number of likely N-dealkylation sites (tertiary alicyclic amines) is 2. The van der Waals surface area contributed by atoms with Crippen LogP contribution >= 0.6 is 0 Å². The number of amides is 2. The Kier molecular flexibility index (Phi) is 6.19. The van der Waals surface area contributed by atoms with Crippen molar-refractivity contribution < 1.29 is 18.6 Å². The third kappa shape index (κ3) is 4.69. The Balaban J connectivity index is 1.31. The van der Waals surface area contributed by atoms with Gasteiger partial charge in [0, 0.05) is 26.2 Å². The van der Waals surface area contributed by atoms with Crippen molar-refractivity contribution in [2.45, 2.75) is 40.5 Å². The Bertz CT molecular complexity index is 565. The summed E-state index contributed by atoms with van der Waals surface area (Å²) in [4.78, 5) is 30.5. The molecule has 4 atom stereocenters. The number of quaternary nitrogens is 2. The van der Waals surface area contributed by atoms with Gasteiger partial charge in [-0.15, -0.1) is 0 Å². The minimum absolute atomic E-state index is 0.364. The second-order valence-electron chi connectivity index (χ2n) is 11.8. The first-order valence-electron chi connectivity index (χ1n) is 12.4. The summed E-state index contributed by atoms with van der Waals surface area (Å²) in [5.74, 6) is 3.21. The van der Waals surface area contributed by atoms with Crippen LogP contribution in [0.3, 0.4) is 0 Å². The van der Waals surface area contributed by atoms with Crippen LogP contribution in [-0.4, -0.2) is 109 Å². The molecule has 5 aliphatic rings. The third-order valence-electron chi connectivity index (χ3n) is 8.53. The van der Waals surface area contributed by atoms with Crippen LogP contribution in [0.15, 0.2) is 0 Å². The molecule has 170 valence electrons. The average Bonchev–Trinajstić information content (AvgIpc) is 2.68. The van der Waals surface area contributed by atoms with Gasteiger partial charge in [0.2, 0.25) is 0 Å². The lowest BCUT2D eigenvalue weighted by Crippen LogP contribution is -2.77. The van der Waals surface area contributed by atoms with Crippen LogP contribution in [0.25, 0.3) is 0 Å². The molecular weight excluding hydrogens is 376 g/mol. The summed E-state index contributed by atoms with van der Waals surface area (Å²) in [6.45, 7) is 20.6. The van der Waals surface area contributed by atoms with Crippen molar-refractivity contribution in [2.75, 3.05) is 78.5 Å². The highest BCUT2D eigenvalue weighted by atomic mass is 16.2. The van der Waals surface area contributed by atoms with Gasteiger partial charge >= 0.3 is 0 Å². The molecule has 0 N–H and O–H groups in total. The summed E-state index contributed by atoms with van der Waals surface area (Å²) >= 11 is 0. The van der Waals surface area contributed by atoms with Crippen LogP contribution in [0, 0.1) is 23.7 Å². The lowest BCUT2D eigenvalue weighted by atomic mass is 9.91. The number of piperazine rings is 3. The number of piperidine rings is 2. The largest absolute Gasteiger partial charge is 0.337 e. The summed E-state index contributed by atoms with van der Waals surface area (Å²) in [5, 5.41) is 0. The Labute approximate surface area is 183 Å². The Morgan fingerprint density at radius 3 is 1.13 bits per heavy atom. The summed E-state index contributed by atoms with van der Waals surface area (Å²) in [6.07, 6.45) is 2.48. The summed E-state index contributed by atoms with van der Waals surface area (Å²) in [6, 6.07) is 0. The topological polar surface area (TPSA) is 40.6 Å². The van der Waals surface area contributed by atoms with Crippen LogP contribution < -0.4 is 0 Å². The van der Waals surface area contributed by atoms with Crippen molar-refractivity contribution in [3.8, 4) is 0 Å². The van der Waals surface area contributed by atoms with Gasteiger partial charge in [-0.3, -0.25) is 9.59 Å². The molecule has 5 heterocycles. The second kappa shape index (κ2) is 8.42. The molecule has 0 saturated carbocycles. The second-order valence-corrected chi connectivity index (χ2v) is 11.8. The van der Waals surface area contributed by atoms with Crippen molar-refractivity contribution in [1.29, 1.82) is 0 Å². The minimum atomic E-state index is 0.364. The number of fused-ring (bicyclic) bond motifs is 3. The number of carbonyl (C=O) groups is 2. The number of rotatable bonds is 4. The molecule has 2 bridgehead atoms. The maximum Gasteiger partial charge on any atom is 0.277 e. The van der Waals surface area contributed by atoms with E-state index in [-0.39, 0.29) is 0 Å². The van der Waals surface area contributed by atoms with Gasteiger partial charge in [0.15, 0.2) is 13.1 Å². The first kappa shape index (κ1) is 22.1. The fourth-order valence-corrected chi connectivity index (χ4v) is 6.92. The van der Waals surface area contributed by atoms with E-state index in [9.17, 15) is 9.59 Å². The van der Waals surface area contributed by atoms with Gasteiger partial charge in [-0.25, -0.2) is 0 Å². The lowest BCUT2D eigenvalue weighted by molar-refractivity contribution is -1.07. The van der Waals surface area contributed by atoms with Crippen LogP contribution in [0.5, 0.6) is 0 Å². The van der Waals surface area contributed by atoms with E-state index in [0.717, 1.165) is 74.4 Å². The van der Waals surface area contributed by atoms with E-state index in [0.29, 0.717) is 48.6 Å². The molecule has 5 fully saturated rings. The van der Waals surface area contributed by atoms with Crippen LogP contribution in [0.1, 0.15) is 40.5 Å². The summed E-state index contributed by atoms with van der Waals surface area (Å²) in [7, 11) is 0. The molecule has 30 heavy (non-hydrogen) atoms. The Morgan fingerprint density at radius 2 is 0.867 bits per heavy atom. The fourth-order valence-electron chi connectivity index (χ4n) is 6.92. The number of carbonyl (C=O) groups excluding carboxylic acids is 2. The quantitative estimate of drug-likeness (QED) is 0.649. The number of hydrogen-bond donors (Lipinski definition) is 0. The molecule has 5 rings (SSSR count). The van der Waals surface area contributed by atoms with Crippen LogP contribution in [0.2, 0.25) is 0 Å². The van der Waals surface area contributed by atoms with Crippen LogP contribution in [0.4, 0.5) is 0 Å². The predicted octanol–water partition coefficient (Wildman–Crippen LogP) is 1.66. The van der Waals surface area contributed by atoms with Crippen molar-refractivity contribution in [1.82, 2.24) is 9.80 Å². The Morgan fingerprint density at radius 1 is 0.600 bits per heavy atom. The van der Waals surface area contributed by atoms with Crippen LogP contribution in [-0.2, 0) is 9.59 Å². The molecule has 0 aromatic carbocycles. The molecule has 0 unspecified atom stereocenters.